The number of benzene rings is 1. The Balaban J connectivity index is 1.83. The van der Waals surface area contributed by atoms with Gasteiger partial charge in [-0.15, -0.1) is 11.3 Å². The van der Waals surface area contributed by atoms with Gasteiger partial charge >= 0.3 is 0 Å². The average molecular weight is 348 g/mol. The Morgan fingerprint density at radius 3 is 2.62 bits per heavy atom. The van der Waals surface area contributed by atoms with Gasteiger partial charge in [-0.3, -0.25) is 4.99 Å². The first-order valence-electron chi connectivity index (χ1n) is 8.10. The molecule has 0 unspecified atom stereocenters. The Labute approximate surface area is 147 Å². The molecule has 0 spiro atoms. The lowest BCUT2D eigenvalue weighted by Gasteiger charge is -2.22. The second-order valence-corrected chi connectivity index (χ2v) is 6.93. The maximum absolute atomic E-state index is 13.0. The third-order valence-corrected chi connectivity index (χ3v) is 4.83. The van der Waals surface area contributed by atoms with Crippen LogP contribution in [0.25, 0.3) is 0 Å². The topological polar surface area (TPSA) is 40.5 Å². The minimum absolute atomic E-state index is 0.215. The van der Waals surface area contributed by atoms with Crippen molar-refractivity contribution in [2.24, 2.45) is 4.99 Å². The summed E-state index contributed by atoms with van der Waals surface area (Å²) in [6.45, 7) is 5.77. The number of hydrogen-bond donors (Lipinski definition) is 1. The Bertz CT molecular complexity index is 664. The molecule has 4 nitrogen and oxygen atoms in total. The summed E-state index contributed by atoms with van der Waals surface area (Å²) >= 11 is 1.72. The Morgan fingerprint density at radius 1 is 1.33 bits per heavy atom. The highest BCUT2D eigenvalue weighted by Gasteiger charge is 2.08. The molecule has 0 radical (unpaired) electrons. The second kappa shape index (κ2) is 8.78. The molecule has 0 saturated heterocycles. The fourth-order valence-corrected chi connectivity index (χ4v) is 3.20. The standard InChI is InChI=1S/C18H25FN4S/c1-13(2)17-22-16(12-24-17)9-10-21-18(20-3)23(4)11-14-5-7-15(19)8-6-14/h5-8,12-13H,9-11H2,1-4H3,(H,20,21). The fraction of sp³-hybridized carbons (Fsp3) is 0.444. The molecule has 0 saturated carbocycles. The molecule has 2 aromatic rings. The maximum atomic E-state index is 13.0. The molecule has 1 heterocycles. The lowest BCUT2D eigenvalue weighted by Crippen LogP contribution is -2.39. The van der Waals surface area contributed by atoms with Gasteiger partial charge in [-0.25, -0.2) is 9.37 Å². The fourth-order valence-electron chi connectivity index (χ4n) is 2.33. The molecule has 6 heteroatoms. The molecule has 0 fully saturated rings. The maximum Gasteiger partial charge on any atom is 0.193 e. The van der Waals surface area contributed by atoms with Crippen molar-refractivity contribution in [3.63, 3.8) is 0 Å². The molecule has 0 aliphatic heterocycles. The van der Waals surface area contributed by atoms with Crippen LogP contribution in [0.15, 0.2) is 34.6 Å². The monoisotopic (exact) mass is 348 g/mol. The molecule has 2 rings (SSSR count). The highest BCUT2D eigenvalue weighted by atomic mass is 32.1. The Hall–Kier alpha value is -1.95. The van der Waals surface area contributed by atoms with E-state index in [9.17, 15) is 4.39 Å². The summed E-state index contributed by atoms with van der Waals surface area (Å²) in [5, 5.41) is 6.66. The summed E-state index contributed by atoms with van der Waals surface area (Å²) < 4.78 is 13.0. The van der Waals surface area contributed by atoms with Crippen LogP contribution in [0.5, 0.6) is 0 Å². The van der Waals surface area contributed by atoms with Crippen molar-refractivity contribution < 1.29 is 4.39 Å². The van der Waals surface area contributed by atoms with E-state index >= 15 is 0 Å². The van der Waals surface area contributed by atoms with Gasteiger partial charge < -0.3 is 10.2 Å². The number of hydrogen-bond acceptors (Lipinski definition) is 3. The zero-order valence-corrected chi connectivity index (χ0v) is 15.5. The minimum Gasteiger partial charge on any atom is -0.356 e. The van der Waals surface area contributed by atoms with E-state index in [1.807, 2.05) is 11.9 Å². The number of aromatic nitrogens is 1. The third kappa shape index (κ3) is 5.30. The molecule has 0 aliphatic carbocycles. The minimum atomic E-state index is -0.215. The molecular formula is C18H25FN4S. The van der Waals surface area contributed by atoms with E-state index in [1.54, 1.807) is 30.5 Å². The van der Waals surface area contributed by atoms with Crippen LogP contribution < -0.4 is 5.32 Å². The number of halogens is 1. The summed E-state index contributed by atoms with van der Waals surface area (Å²) in [4.78, 5) is 11.0. The van der Waals surface area contributed by atoms with Gasteiger partial charge in [0.1, 0.15) is 5.82 Å². The third-order valence-electron chi connectivity index (χ3n) is 3.63. The van der Waals surface area contributed by atoms with Crippen LogP contribution >= 0.6 is 11.3 Å². The lowest BCUT2D eigenvalue weighted by molar-refractivity contribution is 0.476. The molecule has 0 bridgehead atoms. The molecule has 24 heavy (non-hydrogen) atoms. The normalized spacial score (nSPS) is 11.8. The number of nitrogens with one attached hydrogen (secondary N) is 1. The molecule has 1 aromatic heterocycles. The summed E-state index contributed by atoms with van der Waals surface area (Å²) in [5.74, 6) is 1.08. The van der Waals surface area contributed by atoms with Crippen molar-refractivity contribution in [1.29, 1.82) is 0 Å². The van der Waals surface area contributed by atoms with Crippen molar-refractivity contribution in [3.05, 3.63) is 51.7 Å². The molecular weight excluding hydrogens is 323 g/mol. The van der Waals surface area contributed by atoms with Gasteiger partial charge in [0.15, 0.2) is 5.96 Å². The van der Waals surface area contributed by atoms with Crippen molar-refractivity contribution in [2.75, 3.05) is 20.6 Å². The van der Waals surface area contributed by atoms with E-state index < -0.39 is 0 Å². The van der Waals surface area contributed by atoms with Crippen LogP contribution in [0.3, 0.4) is 0 Å². The highest BCUT2D eigenvalue weighted by Crippen LogP contribution is 2.19. The van der Waals surface area contributed by atoms with Gasteiger partial charge in [-0.1, -0.05) is 26.0 Å². The van der Waals surface area contributed by atoms with E-state index in [0.29, 0.717) is 12.5 Å². The van der Waals surface area contributed by atoms with Crippen molar-refractivity contribution >= 4 is 17.3 Å². The van der Waals surface area contributed by atoms with Gasteiger partial charge in [0.25, 0.3) is 0 Å². The Morgan fingerprint density at radius 2 is 2.04 bits per heavy atom. The van der Waals surface area contributed by atoms with Crippen molar-refractivity contribution in [1.82, 2.24) is 15.2 Å². The van der Waals surface area contributed by atoms with Crippen LogP contribution in [0, 0.1) is 5.82 Å². The number of nitrogens with zero attached hydrogens (tertiary/aromatic N) is 3. The smallest absolute Gasteiger partial charge is 0.193 e. The first kappa shape index (κ1) is 18.4. The summed E-state index contributed by atoms with van der Waals surface area (Å²) in [7, 11) is 3.74. The van der Waals surface area contributed by atoms with Crippen molar-refractivity contribution in [3.8, 4) is 0 Å². The SMILES string of the molecule is CN=C(NCCc1csc(C(C)C)n1)N(C)Cc1ccc(F)cc1. The molecule has 130 valence electrons. The van der Waals surface area contributed by atoms with E-state index in [-0.39, 0.29) is 5.82 Å². The largest absolute Gasteiger partial charge is 0.356 e. The van der Waals surface area contributed by atoms with E-state index in [4.69, 9.17) is 0 Å². The highest BCUT2D eigenvalue weighted by molar-refractivity contribution is 7.09. The molecule has 1 aromatic carbocycles. The zero-order valence-electron chi connectivity index (χ0n) is 14.7. The van der Waals surface area contributed by atoms with Crippen LogP contribution in [0.1, 0.15) is 36.0 Å². The number of thiazole rings is 1. The Kier molecular flexibility index (Phi) is 6.73. The molecule has 0 atom stereocenters. The van der Waals surface area contributed by atoms with Crippen LogP contribution in [-0.2, 0) is 13.0 Å². The van der Waals surface area contributed by atoms with Gasteiger partial charge in [-0.05, 0) is 17.7 Å². The van der Waals surface area contributed by atoms with E-state index in [0.717, 1.165) is 30.2 Å². The zero-order chi connectivity index (χ0) is 17.5. The average Bonchev–Trinajstić information content (AvgIpc) is 3.03. The summed E-state index contributed by atoms with van der Waals surface area (Å²) in [6, 6.07) is 6.55. The van der Waals surface area contributed by atoms with E-state index in [1.165, 1.54) is 17.1 Å². The second-order valence-electron chi connectivity index (χ2n) is 6.04. The number of rotatable bonds is 6. The van der Waals surface area contributed by atoms with Crippen LogP contribution in [0.4, 0.5) is 4.39 Å². The van der Waals surface area contributed by atoms with Gasteiger partial charge in [0, 0.05) is 44.9 Å². The quantitative estimate of drug-likeness (QED) is 0.640. The predicted molar refractivity (Wildman–Crippen MR) is 99.1 cm³/mol. The van der Waals surface area contributed by atoms with Gasteiger partial charge in [0.2, 0.25) is 0 Å². The molecule has 0 aliphatic rings. The number of guanidine groups is 1. The first-order valence-corrected chi connectivity index (χ1v) is 8.98. The summed E-state index contributed by atoms with van der Waals surface area (Å²) in [5.41, 5.74) is 2.16. The predicted octanol–water partition coefficient (Wildman–Crippen LogP) is 3.66. The first-order chi connectivity index (χ1) is 11.5. The van der Waals surface area contributed by atoms with E-state index in [2.05, 4.69) is 34.5 Å². The van der Waals surface area contributed by atoms with Gasteiger partial charge in [0.05, 0.1) is 10.7 Å². The molecule has 1 N–H and O–H groups in total. The number of aliphatic imine (C=N–C) groups is 1. The summed E-state index contributed by atoms with van der Waals surface area (Å²) in [6.07, 6.45) is 0.868. The van der Waals surface area contributed by atoms with Crippen molar-refractivity contribution in [2.45, 2.75) is 32.7 Å². The van der Waals surface area contributed by atoms with Gasteiger partial charge in [-0.2, -0.15) is 0 Å². The van der Waals surface area contributed by atoms with Crippen LogP contribution in [0.2, 0.25) is 0 Å². The lowest BCUT2D eigenvalue weighted by atomic mass is 10.2. The molecule has 0 amide bonds. The van der Waals surface area contributed by atoms with Crippen LogP contribution in [-0.4, -0.2) is 36.5 Å².